The van der Waals surface area contributed by atoms with E-state index in [1.54, 1.807) is 62.3 Å². The van der Waals surface area contributed by atoms with Gasteiger partial charge in [-0.1, -0.05) is 68.4 Å². The first kappa shape index (κ1) is 85.5. The van der Waals surface area contributed by atoms with Crippen molar-refractivity contribution in [3.05, 3.63) is 12.7 Å². The molecule has 4 aliphatic heterocycles. The van der Waals surface area contributed by atoms with Gasteiger partial charge in [-0.15, -0.1) is 6.58 Å². The second-order valence-electron chi connectivity index (χ2n) is 26.3. The maximum atomic E-state index is 14.6. The summed E-state index contributed by atoms with van der Waals surface area (Å²) >= 11 is 0. The van der Waals surface area contributed by atoms with Crippen LogP contribution in [0, 0.1) is 47.3 Å². The number of methoxy groups -OCH3 is 4. The van der Waals surface area contributed by atoms with Gasteiger partial charge in [0.1, 0.15) is 30.5 Å². The molecular formula is C68H104O32. The van der Waals surface area contributed by atoms with E-state index >= 15 is 0 Å². The predicted molar refractivity (Wildman–Crippen MR) is 339 cm³/mol. The summed E-state index contributed by atoms with van der Waals surface area (Å²) in [5.41, 5.74) is 0. The lowest BCUT2D eigenvalue weighted by Gasteiger charge is -2.50. The van der Waals surface area contributed by atoms with E-state index in [9.17, 15) is 57.5 Å². The van der Waals surface area contributed by atoms with Crippen molar-refractivity contribution in [2.75, 3.05) is 54.9 Å². The average Bonchev–Trinajstić information content (AvgIpc) is 0.777. The summed E-state index contributed by atoms with van der Waals surface area (Å²) in [6.45, 7) is 24.9. The summed E-state index contributed by atoms with van der Waals surface area (Å²) < 4.78 is 120. The number of esters is 12. The molecule has 0 radical (unpaired) electrons. The van der Waals surface area contributed by atoms with Crippen molar-refractivity contribution >= 4 is 71.6 Å². The van der Waals surface area contributed by atoms with Crippen LogP contribution < -0.4 is 0 Å². The first-order valence-electron chi connectivity index (χ1n) is 33.3. The molecular weight excluding hydrogens is 1330 g/mol. The third-order valence-electron chi connectivity index (χ3n) is 18.8. The second-order valence-corrected chi connectivity index (χ2v) is 26.3. The van der Waals surface area contributed by atoms with Gasteiger partial charge >= 0.3 is 71.6 Å². The van der Waals surface area contributed by atoms with Crippen LogP contribution in [0.25, 0.3) is 0 Å². The molecule has 32 nitrogen and oxygen atoms in total. The quantitative estimate of drug-likeness (QED) is 0.0482. The molecule has 4 rings (SSSR count). The van der Waals surface area contributed by atoms with Gasteiger partial charge < -0.3 is 94.7 Å². The fourth-order valence-electron chi connectivity index (χ4n) is 13.3. The summed E-state index contributed by atoms with van der Waals surface area (Å²) in [5.74, 6) is -26.1. The van der Waals surface area contributed by atoms with E-state index in [1.165, 1.54) is 13.0 Å². The largest absolute Gasteiger partial charge is 0.465 e. The molecule has 0 saturated carbocycles. The molecule has 4 aliphatic rings. The number of carbonyl (C=O) groups excluding carboxylic acids is 12. The van der Waals surface area contributed by atoms with Gasteiger partial charge in [0.15, 0.2) is 42.7 Å². The molecule has 24 atom stereocenters. The van der Waals surface area contributed by atoms with Crippen LogP contribution in [0.5, 0.6) is 0 Å². The zero-order valence-corrected chi connectivity index (χ0v) is 61.3. The Hall–Kier alpha value is -6.94. The molecule has 568 valence electrons. The van der Waals surface area contributed by atoms with Crippen LogP contribution in [-0.2, 0) is 152 Å². The Kier molecular flexibility index (Phi) is 31.9. The monoisotopic (exact) mass is 1430 g/mol. The van der Waals surface area contributed by atoms with Crippen molar-refractivity contribution in [1.29, 1.82) is 0 Å². The molecule has 0 aliphatic carbocycles. The standard InChI is InChI=1S/C68H104O32/c1-23-25-85-65(61(77)81-19)26-33(3)38(8)54(97-65)58(94-46(16)74)50(90-42(12)70)30-87-67(63(79)83-21)28-35(5)40(10)56(99-67)60(96-48(18)76)52(92-44(14)72)32-88-68(64(80)84-22)29-36(6)39(9)55(100-68)59(95-47(17)75)51(91-43(13)71)31-86-66(62(78)82-20)27-34(4)37(7)53(98-66)57(93-45(15)73)49(24-2)89-41(11)69/h23,33-40,49-60H,1,24-32H2,2-22H3/t33?,34?,35-,36-,37-,38-,39?,40?,49-,50-,51-,52-,53?,54?,55?,56?,57-,58-,59-,60-,65-,66-,67-,68?/m1/s1. The number of rotatable bonds is 33. The molecule has 0 N–H and O–H groups in total. The lowest BCUT2D eigenvalue weighted by Crippen LogP contribution is -2.64. The van der Waals surface area contributed by atoms with Crippen molar-refractivity contribution in [3.8, 4) is 0 Å². The van der Waals surface area contributed by atoms with Gasteiger partial charge in [0.2, 0.25) is 0 Å². The van der Waals surface area contributed by atoms with Crippen LogP contribution in [0.3, 0.4) is 0 Å². The Labute approximate surface area is 583 Å². The SMILES string of the molecule is C=CCO[C@]1(C(=O)OC)CC(C)[C@@H](C)C([C@H](OC(C)=O)[C@@H](CO[C@]2(C(=O)OC)C[C@@H](C)C(C)C([C@H](OC(C)=O)[C@@H](COC3(C(=O)OC)C[C@@H](C)C(C)C([C@H](OC(C)=O)[C@@H](CO[C@]4(C(=O)OC)CC(C)[C@@H](C)C([C@H](OC(C)=O)[C@@H](CC)OC(C)=O)O4)OC(C)=O)O3)OC(C)=O)O2)OC(C)=O)O1. The minimum atomic E-state index is -2.59. The molecule has 0 spiro atoms. The summed E-state index contributed by atoms with van der Waals surface area (Å²) in [6.07, 6.45) is -17.8. The normalized spacial score (nSPS) is 32.0. The van der Waals surface area contributed by atoms with E-state index in [1.807, 2.05) is 0 Å². The van der Waals surface area contributed by atoms with Crippen molar-refractivity contribution < 1.29 is 152 Å². The molecule has 9 unspecified atom stereocenters. The Morgan fingerprint density at radius 3 is 0.740 bits per heavy atom. The zero-order chi connectivity index (χ0) is 75.7. The number of ether oxygens (including phenoxy) is 20. The average molecular weight is 1430 g/mol. The van der Waals surface area contributed by atoms with E-state index < -0.39 is 235 Å². The second kappa shape index (κ2) is 37.3. The van der Waals surface area contributed by atoms with Gasteiger partial charge in [0, 0.05) is 81.1 Å². The lowest BCUT2D eigenvalue weighted by atomic mass is 9.78. The third-order valence-corrected chi connectivity index (χ3v) is 18.8. The van der Waals surface area contributed by atoms with Crippen molar-refractivity contribution in [2.24, 2.45) is 47.3 Å². The van der Waals surface area contributed by atoms with Crippen molar-refractivity contribution in [1.82, 2.24) is 0 Å². The molecule has 4 fully saturated rings. The van der Waals surface area contributed by atoms with Gasteiger partial charge in [-0.25, -0.2) is 19.2 Å². The molecule has 32 heteroatoms. The first-order valence-corrected chi connectivity index (χ1v) is 33.3. The van der Waals surface area contributed by atoms with Crippen molar-refractivity contribution in [2.45, 2.75) is 246 Å². The van der Waals surface area contributed by atoms with E-state index in [-0.39, 0.29) is 38.7 Å². The Bertz CT molecular complexity index is 2880. The van der Waals surface area contributed by atoms with Crippen LogP contribution in [-0.4, -0.2) is 223 Å². The summed E-state index contributed by atoms with van der Waals surface area (Å²) in [6, 6.07) is 0. The number of hydrogen-bond donors (Lipinski definition) is 0. The third kappa shape index (κ3) is 21.3. The fraction of sp³-hybridized carbons (Fsp3) is 0.794. The van der Waals surface area contributed by atoms with Gasteiger partial charge in [0.05, 0.1) is 54.9 Å². The van der Waals surface area contributed by atoms with Gasteiger partial charge in [-0.05, 0) is 53.8 Å². The highest BCUT2D eigenvalue weighted by atomic mass is 16.8. The topological polar surface area (TPSA) is 389 Å². The highest BCUT2D eigenvalue weighted by Gasteiger charge is 2.62. The van der Waals surface area contributed by atoms with E-state index in [0.717, 1.165) is 76.9 Å². The predicted octanol–water partition coefficient (Wildman–Crippen LogP) is 4.82. The molecule has 0 bridgehead atoms. The van der Waals surface area contributed by atoms with Gasteiger partial charge in [-0.2, -0.15) is 0 Å². The summed E-state index contributed by atoms with van der Waals surface area (Å²) in [5, 5.41) is 0. The Morgan fingerprint density at radius 2 is 0.550 bits per heavy atom. The number of hydrogen-bond acceptors (Lipinski definition) is 32. The first-order chi connectivity index (χ1) is 46.7. The minimum Gasteiger partial charge on any atom is -0.465 e. The smallest absolute Gasteiger partial charge is 0.366 e. The van der Waals surface area contributed by atoms with E-state index in [0.29, 0.717) is 0 Å². The molecule has 100 heavy (non-hydrogen) atoms. The Morgan fingerprint density at radius 1 is 0.350 bits per heavy atom. The maximum absolute atomic E-state index is 14.6. The number of carbonyl (C=O) groups is 12. The fourth-order valence-corrected chi connectivity index (χ4v) is 13.3. The van der Waals surface area contributed by atoms with Crippen LogP contribution in [0.15, 0.2) is 12.7 Å². The molecule has 4 heterocycles. The van der Waals surface area contributed by atoms with Crippen LogP contribution >= 0.6 is 0 Å². The molecule has 4 saturated heterocycles. The van der Waals surface area contributed by atoms with Crippen LogP contribution in [0.2, 0.25) is 0 Å². The zero-order valence-electron chi connectivity index (χ0n) is 61.3. The summed E-state index contributed by atoms with van der Waals surface area (Å²) in [7, 11) is 4.21. The molecule has 0 aromatic carbocycles. The van der Waals surface area contributed by atoms with Crippen molar-refractivity contribution in [3.63, 3.8) is 0 Å². The highest BCUT2D eigenvalue weighted by molar-refractivity contribution is 5.80. The maximum Gasteiger partial charge on any atom is 0.366 e. The van der Waals surface area contributed by atoms with Gasteiger partial charge in [0.25, 0.3) is 23.1 Å². The van der Waals surface area contributed by atoms with Crippen LogP contribution in [0.1, 0.15) is 150 Å². The highest BCUT2D eigenvalue weighted by Crippen LogP contribution is 2.47. The lowest BCUT2D eigenvalue weighted by molar-refractivity contribution is -0.335. The minimum absolute atomic E-state index is 0.0300. The molecule has 0 amide bonds. The molecule has 0 aromatic heterocycles. The van der Waals surface area contributed by atoms with E-state index in [4.69, 9.17) is 94.7 Å². The summed E-state index contributed by atoms with van der Waals surface area (Å²) in [4.78, 5) is 162. The van der Waals surface area contributed by atoms with E-state index in [2.05, 4.69) is 6.58 Å². The van der Waals surface area contributed by atoms with Gasteiger partial charge in [-0.3, -0.25) is 38.4 Å². The Balaban J connectivity index is 1.86. The molecule has 0 aromatic rings. The van der Waals surface area contributed by atoms with Crippen LogP contribution in [0.4, 0.5) is 0 Å².